The quantitative estimate of drug-likeness (QED) is 0.842. The molecule has 1 aromatic heterocycles. The van der Waals surface area contributed by atoms with Gasteiger partial charge in [0.15, 0.2) is 5.82 Å². The maximum atomic E-state index is 5.96. The molecule has 0 spiro atoms. The molecule has 2 rings (SSSR count). The largest absolute Gasteiger partial charge is 0.396 e. The number of hydrogen-bond donors (Lipinski definition) is 1. The molecule has 0 bridgehead atoms. The summed E-state index contributed by atoms with van der Waals surface area (Å²) in [4.78, 5) is 9.13. The smallest absolute Gasteiger partial charge is 0.160 e. The van der Waals surface area contributed by atoms with E-state index in [9.17, 15) is 0 Å². The average molecular weight is 249 g/mol. The zero-order valence-electron chi connectivity index (χ0n) is 11.6. The second kappa shape index (κ2) is 5.22. The zero-order chi connectivity index (χ0) is 13.2. The van der Waals surface area contributed by atoms with Gasteiger partial charge >= 0.3 is 0 Å². The highest BCUT2D eigenvalue weighted by Crippen LogP contribution is 2.42. The van der Waals surface area contributed by atoms with E-state index in [1.807, 2.05) is 6.92 Å². The van der Waals surface area contributed by atoms with Crippen molar-refractivity contribution in [2.75, 3.05) is 12.3 Å². The lowest BCUT2D eigenvalue weighted by molar-refractivity contribution is -0.0572. The Balaban J connectivity index is 2.38. The van der Waals surface area contributed by atoms with E-state index in [1.54, 1.807) is 6.20 Å². The van der Waals surface area contributed by atoms with Crippen molar-refractivity contribution >= 4 is 5.69 Å². The van der Waals surface area contributed by atoms with Crippen LogP contribution in [0.5, 0.6) is 0 Å². The molecule has 18 heavy (non-hydrogen) atoms. The van der Waals surface area contributed by atoms with Crippen molar-refractivity contribution in [3.8, 4) is 0 Å². The Morgan fingerprint density at radius 1 is 1.33 bits per heavy atom. The molecule has 1 fully saturated rings. The molecule has 0 aliphatic heterocycles. The number of aromatic nitrogens is 2. The Kier molecular flexibility index (Phi) is 3.85. The van der Waals surface area contributed by atoms with Crippen LogP contribution in [0.1, 0.15) is 63.9 Å². The van der Waals surface area contributed by atoms with Crippen LogP contribution in [0.15, 0.2) is 6.20 Å². The summed E-state index contributed by atoms with van der Waals surface area (Å²) in [5, 5.41) is 0. The first-order valence-electron chi connectivity index (χ1n) is 6.93. The summed E-state index contributed by atoms with van der Waals surface area (Å²) in [7, 11) is 0. The maximum absolute atomic E-state index is 5.96. The summed E-state index contributed by atoms with van der Waals surface area (Å²) >= 11 is 0. The average Bonchev–Trinajstić information content (AvgIpc) is 3.21. The minimum atomic E-state index is -0.355. The molecule has 4 nitrogen and oxygen atoms in total. The van der Waals surface area contributed by atoms with Crippen LogP contribution in [-0.4, -0.2) is 16.6 Å². The Morgan fingerprint density at radius 3 is 2.50 bits per heavy atom. The molecule has 0 aromatic carbocycles. The van der Waals surface area contributed by atoms with Crippen molar-refractivity contribution in [2.45, 2.75) is 58.0 Å². The van der Waals surface area contributed by atoms with Gasteiger partial charge in [-0.05, 0) is 32.6 Å². The molecule has 1 saturated carbocycles. The molecule has 100 valence electrons. The van der Waals surface area contributed by atoms with Gasteiger partial charge in [-0.2, -0.15) is 0 Å². The van der Waals surface area contributed by atoms with Gasteiger partial charge in [-0.25, -0.2) is 9.97 Å². The van der Waals surface area contributed by atoms with E-state index in [0.29, 0.717) is 12.5 Å². The number of nitrogens with two attached hydrogens (primary N) is 1. The number of ether oxygens (including phenoxy) is 1. The Labute approximate surface area is 109 Å². The van der Waals surface area contributed by atoms with Crippen molar-refractivity contribution in [1.82, 2.24) is 9.97 Å². The SMILES string of the molecule is CCOC(CC)(CC)c1ncc(N)c(C2CC2)n1. The van der Waals surface area contributed by atoms with Gasteiger partial charge in [0.05, 0.1) is 17.6 Å². The topological polar surface area (TPSA) is 61.0 Å². The lowest BCUT2D eigenvalue weighted by Crippen LogP contribution is -2.31. The monoisotopic (exact) mass is 249 g/mol. The van der Waals surface area contributed by atoms with Gasteiger partial charge in [-0.3, -0.25) is 0 Å². The van der Waals surface area contributed by atoms with Crippen LogP contribution >= 0.6 is 0 Å². The van der Waals surface area contributed by atoms with E-state index in [4.69, 9.17) is 15.5 Å². The van der Waals surface area contributed by atoms with Crippen LogP contribution in [-0.2, 0) is 10.3 Å². The summed E-state index contributed by atoms with van der Waals surface area (Å²) in [6, 6.07) is 0. The molecule has 1 heterocycles. The number of nitrogens with zero attached hydrogens (tertiary/aromatic N) is 2. The normalized spacial score (nSPS) is 15.9. The van der Waals surface area contributed by atoms with Crippen LogP contribution in [0.4, 0.5) is 5.69 Å². The number of nitrogen functional groups attached to an aromatic ring is 1. The lowest BCUT2D eigenvalue weighted by atomic mass is 9.95. The van der Waals surface area contributed by atoms with Gasteiger partial charge in [0.2, 0.25) is 0 Å². The first-order chi connectivity index (χ1) is 8.66. The molecule has 1 aliphatic rings. The fraction of sp³-hybridized carbons (Fsp3) is 0.714. The Hall–Kier alpha value is -1.16. The molecule has 1 aliphatic carbocycles. The van der Waals surface area contributed by atoms with E-state index < -0.39 is 0 Å². The Morgan fingerprint density at radius 2 is 2.00 bits per heavy atom. The first kappa shape index (κ1) is 13.3. The third-order valence-electron chi connectivity index (χ3n) is 3.78. The van der Waals surface area contributed by atoms with Crippen LogP contribution in [0.3, 0.4) is 0 Å². The predicted octanol–water partition coefficient (Wildman–Crippen LogP) is 2.99. The summed E-state index contributed by atoms with van der Waals surface area (Å²) in [6.45, 7) is 6.93. The van der Waals surface area contributed by atoms with Crippen molar-refractivity contribution in [3.63, 3.8) is 0 Å². The summed E-state index contributed by atoms with van der Waals surface area (Å²) in [6.07, 6.45) is 5.90. The van der Waals surface area contributed by atoms with Crippen molar-refractivity contribution < 1.29 is 4.74 Å². The number of hydrogen-bond acceptors (Lipinski definition) is 4. The van der Waals surface area contributed by atoms with E-state index in [2.05, 4.69) is 18.8 Å². The second-order valence-corrected chi connectivity index (χ2v) is 4.94. The predicted molar refractivity (Wildman–Crippen MR) is 72.3 cm³/mol. The standard InChI is InChI=1S/C14H23N3O/c1-4-14(5-2,18-6-3)13-16-9-11(15)12(17-13)10-7-8-10/h9-10H,4-8,15H2,1-3H3. The summed E-state index contributed by atoms with van der Waals surface area (Å²) in [5.41, 5.74) is 7.35. The minimum absolute atomic E-state index is 0.355. The van der Waals surface area contributed by atoms with Gasteiger partial charge in [0.25, 0.3) is 0 Å². The first-order valence-corrected chi connectivity index (χ1v) is 6.93. The third-order valence-corrected chi connectivity index (χ3v) is 3.78. The van der Waals surface area contributed by atoms with Gasteiger partial charge in [0.1, 0.15) is 5.60 Å². The molecular formula is C14H23N3O. The van der Waals surface area contributed by atoms with Crippen LogP contribution < -0.4 is 5.73 Å². The zero-order valence-corrected chi connectivity index (χ0v) is 11.6. The van der Waals surface area contributed by atoms with E-state index in [-0.39, 0.29) is 5.60 Å². The van der Waals surface area contributed by atoms with E-state index in [0.717, 1.165) is 30.0 Å². The van der Waals surface area contributed by atoms with Crippen LogP contribution in [0, 0.1) is 0 Å². The molecular weight excluding hydrogens is 226 g/mol. The van der Waals surface area contributed by atoms with E-state index in [1.165, 1.54) is 12.8 Å². The number of rotatable bonds is 6. The second-order valence-electron chi connectivity index (χ2n) is 4.94. The van der Waals surface area contributed by atoms with E-state index >= 15 is 0 Å². The summed E-state index contributed by atoms with van der Waals surface area (Å²) in [5.74, 6) is 1.34. The molecule has 0 atom stereocenters. The van der Waals surface area contributed by atoms with Crippen LogP contribution in [0.25, 0.3) is 0 Å². The van der Waals surface area contributed by atoms with Crippen LogP contribution in [0.2, 0.25) is 0 Å². The van der Waals surface area contributed by atoms with Crippen molar-refractivity contribution in [1.29, 1.82) is 0 Å². The van der Waals surface area contributed by atoms with Gasteiger partial charge in [-0.1, -0.05) is 13.8 Å². The van der Waals surface area contributed by atoms with Gasteiger partial charge in [-0.15, -0.1) is 0 Å². The van der Waals surface area contributed by atoms with Crippen molar-refractivity contribution in [2.24, 2.45) is 0 Å². The van der Waals surface area contributed by atoms with Crippen molar-refractivity contribution in [3.05, 3.63) is 17.7 Å². The number of anilines is 1. The molecule has 0 radical (unpaired) electrons. The third kappa shape index (κ3) is 2.34. The molecule has 0 unspecified atom stereocenters. The molecule has 4 heteroatoms. The highest BCUT2D eigenvalue weighted by molar-refractivity contribution is 5.44. The lowest BCUT2D eigenvalue weighted by Gasteiger charge is -2.30. The fourth-order valence-electron chi connectivity index (χ4n) is 2.42. The summed E-state index contributed by atoms with van der Waals surface area (Å²) < 4.78 is 5.94. The Bertz CT molecular complexity index is 412. The molecule has 1 aromatic rings. The minimum Gasteiger partial charge on any atom is -0.396 e. The van der Waals surface area contributed by atoms with Gasteiger partial charge < -0.3 is 10.5 Å². The molecule has 2 N–H and O–H groups in total. The molecule has 0 saturated heterocycles. The highest BCUT2D eigenvalue weighted by atomic mass is 16.5. The molecule has 0 amide bonds. The fourth-order valence-corrected chi connectivity index (χ4v) is 2.42. The highest BCUT2D eigenvalue weighted by Gasteiger charge is 2.35. The van der Waals surface area contributed by atoms with Gasteiger partial charge in [0, 0.05) is 12.5 Å². The maximum Gasteiger partial charge on any atom is 0.160 e.